The number of aromatic nitrogens is 5. The maximum Gasteiger partial charge on any atom is 0.255 e. The zero-order valence-corrected chi connectivity index (χ0v) is 14.4. The minimum Gasteiger partial charge on any atom is -0.378 e. The first-order valence-corrected chi connectivity index (χ1v) is 8.43. The van der Waals surface area contributed by atoms with E-state index in [1.807, 2.05) is 13.0 Å². The van der Waals surface area contributed by atoms with E-state index in [1.165, 1.54) is 6.33 Å². The van der Waals surface area contributed by atoms with Gasteiger partial charge >= 0.3 is 0 Å². The second-order valence-corrected chi connectivity index (χ2v) is 6.01. The monoisotopic (exact) mass is 353 g/mol. The smallest absolute Gasteiger partial charge is 0.255 e. The number of carbonyl (C=O) groups excluding carboxylic acids is 1. The lowest BCUT2D eigenvalue weighted by Crippen LogP contribution is -2.37. The van der Waals surface area contributed by atoms with Crippen molar-refractivity contribution in [2.45, 2.75) is 13.5 Å². The third-order valence-electron chi connectivity index (χ3n) is 4.38. The summed E-state index contributed by atoms with van der Waals surface area (Å²) in [7, 11) is 0. The molecule has 0 unspecified atom stereocenters. The van der Waals surface area contributed by atoms with Crippen LogP contribution in [0, 0.1) is 6.92 Å². The third kappa shape index (κ3) is 3.21. The maximum absolute atomic E-state index is 12.5. The van der Waals surface area contributed by atoms with Crippen molar-refractivity contribution in [1.29, 1.82) is 0 Å². The summed E-state index contributed by atoms with van der Waals surface area (Å²) in [5.41, 5.74) is 2.70. The number of rotatable bonds is 4. The number of hydrogen-bond acceptors (Lipinski definition) is 7. The van der Waals surface area contributed by atoms with Gasteiger partial charge in [0.05, 0.1) is 42.9 Å². The molecule has 1 amide bonds. The van der Waals surface area contributed by atoms with Crippen LogP contribution in [0.15, 0.2) is 30.9 Å². The summed E-state index contributed by atoms with van der Waals surface area (Å²) in [5, 5.41) is 7.07. The molecule has 134 valence electrons. The summed E-state index contributed by atoms with van der Waals surface area (Å²) in [4.78, 5) is 27.5. The van der Waals surface area contributed by atoms with Crippen LogP contribution in [0.2, 0.25) is 0 Å². The molecular weight excluding hydrogens is 334 g/mol. The Morgan fingerprint density at radius 2 is 2.12 bits per heavy atom. The van der Waals surface area contributed by atoms with Crippen molar-refractivity contribution in [2.24, 2.45) is 0 Å². The summed E-state index contributed by atoms with van der Waals surface area (Å²) in [6, 6.07) is 3.69. The van der Waals surface area contributed by atoms with E-state index in [2.05, 4.69) is 30.3 Å². The van der Waals surface area contributed by atoms with Crippen molar-refractivity contribution in [1.82, 2.24) is 29.9 Å². The molecule has 0 radical (unpaired) electrons. The van der Waals surface area contributed by atoms with Gasteiger partial charge in [0, 0.05) is 31.4 Å². The zero-order valence-electron chi connectivity index (χ0n) is 14.4. The predicted octanol–water partition coefficient (Wildman–Crippen LogP) is 0.594. The molecule has 0 atom stereocenters. The maximum atomic E-state index is 12.5. The predicted molar refractivity (Wildman–Crippen MR) is 94.0 cm³/mol. The molecule has 0 bridgehead atoms. The van der Waals surface area contributed by atoms with Crippen LogP contribution in [0.4, 0.5) is 5.82 Å². The van der Waals surface area contributed by atoms with E-state index < -0.39 is 0 Å². The summed E-state index contributed by atoms with van der Waals surface area (Å²) in [6.07, 6.45) is 4.75. The molecule has 3 aromatic heterocycles. The quantitative estimate of drug-likeness (QED) is 0.733. The Morgan fingerprint density at radius 1 is 1.27 bits per heavy atom. The number of nitrogens with zero attached hydrogens (tertiary/aromatic N) is 6. The number of amides is 1. The molecule has 1 aliphatic rings. The molecule has 1 fully saturated rings. The minimum atomic E-state index is -0.209. The Balaban J connectivity index is 1.46. The zero-order chi connectivity index (χ0) is 17.9. The lowest BCUT2D eigenvalue weighted by molar-refractivity contribution is 0.0948. The number of carbonyl (C=O) groups is 1. The highest BCUT2D eigenvalue weighted by Gasteiger charge is 2.15. The van der Waals surface area contributed by atoms with E-state index in [1.54, 1.807) is 23.0 Å². The van der Waals surface area contributed by atoms with Crippen molar-refractivity contribution in [3.8, 4) is 0 Å². The van der Waals surface area contributed by atoms with Crippen molar-refractivity contribution in [3.05, 3.63) is 47.8 Å². The number of hydrogen-bond donors (Lipinski definition) is 1. The van der Waals surface area contributed by atoms with Gasteiger partial charge in [0.1, 0.15) is 12.1 Å². The average Bonchev–Trinajstić information content (AvgIpc) is 3.17. The van der Waals surface area contributed by atoms with Gasteiger partial charge < -0.3 is 15.0 Å². The normalized spacial score (nSPS) is 14.6. The highest BCUT2D eigenvalue weighted by Crippen LogP contribution is 2.13. The molecule has 9 heteroatoms. The molecule has 0 saturated carbocycles. The standard InChI is InChI=1S/C17H19N7O2/c1-12-14(10-18-15-2-3-22-24(12)15)17(25)19-9-13-8-16(21-11-20-13)23-4-6-26-7-5-23/h2-3,8,10-11H,4-7,9H2,1H3,(H,19,25). The van der Waals surface area contributed by atoms with Crippen molar-refractivity contribution in [3.63, 3.8) is 0 Å². The van der Waals surface area contributed by atoms with Gasteiger partial charge in [0.2, 0.25) is 0 Å². The lowest BCUT2D eigenvalue weighted by Gasteiger charge is -2.27. The van der Waals surface area contributed by atoms with Crippen LogP contribution in [0.5, 0.6) is 0 Å². The summed E-state index contributed by atoms with van der Waals surface area (Å²) >= 11 is 0. The molecule has 1 aliphatic heterocycles. The molecule has 4 rings (SSSR count). The van der Waals surface area contributed by atoms with Crippen LogP contribution in [0.1, 0.15) is 21.7 Å². The van der Waals surface area contributed by atoms with Gasteiger partial charge in [-0.3, -0.25) is 4.79 Å². The van der Waals surface area contributed by atoms with Gasteiger partial charge in [-0.15, -0.1) is 0 Å². The molecule has 4 heterocycles. The van der Waals surface area contributed by atoms with Gasteiger partial charge in [-0.1, -0.05) is 0 Å². The molecule has 3 aromatic rings. The Labute approximate surface area is 150 Å². The van der Waals surface area contributed by atoms with Gasteiger partial charge in [-0.25, -0.2) is 19.5 Å². The fraction of sp³-hybridized carbons (Fsp3) is 0.353. The van der Waals surface area contributed by atoms with E-state index in [0.717, 1.165) is 30.3 Å². The first-order valence-electron chi connectivity index (χ1n) is 8.43. The molecule has 1 saturated heterocycles. The third-order valence-corrected chi connectivity index (χ3v) is 4.38. The molecule has 1 N–H and O–H groups in total. The Morgan fingerprint density at radius 3 is 2.96 bits per heavy atom. The van der Waals surface area contributed by atoms with Crippen LogP contribution < -0.4 is 10.2 Å². The molecule has 0 aromatic carbocycles. The van der Waals surface area contributed by atoms with Gasteiger partial charge in [-0.2, -0.15) is 5.10 Å². The molecule has 0 aliphatic carbocycles. The topological polar surface area (TPSA) is 97.5 Å². The van der Waals surface area contributed by atoms with Crippen LogP contribution in [0.25, 0.3) is 5.65 Å². The number of anilines is 1. The average molecular weight is 353 g/mol. The van der Waals surface area contributed by atoms with Crippen LogP contribution >= 0.6 is 0 Å². The number of ether oxygens (including phenoxy) is 1. The highest BCUT2D eigenvalue weighted by molar-refractivity contribution is 5.95. The largest absolute Gasteiger partial charge is 0.378 e. The van der Waals surface area contributed by atoms with E-state index >= 15 is 0 Å². The van der Waals surface area contributed by atoms with Crippen molar-refractivity contribution in [2.75, 3.05) is 31.2 Å². The summed E-state index contributed by atoms with van der Waals surface area (Å²) < 4.78 is 7.01. The van der Waals surface area contributed by atoms with Gasteiger partial charge in [0.25, 0.3) is 5.91 Å². The fourth-order valence-electron chi connectivity index (χ4n) is 2.93. The van der Waals surface area contributed by atoms with E-state index in [4.69, 9.17) is 4.74 Å². The Kier molecular flexibility index (Phi) is 4.44. The number of aryl methyl sites for hydroxylation is 1. The van der Waals surface area contributed by atoms with Crippen LogP contribution in [-0.2, 0) is 11.3 Å². The second-order valence-electron chi connectivity index (χ2n) is 6.01. The number of nitrogens with one attached hydrogen (secondary N) is 1. The first kappa shape index (κ1) is 16.4. The first-order chi connectivity index (χ1) is 12.7. The lowest BCUT2D eigenvalue weighted by atomic mass is 10.2. The highest BCUT2D eigenvalue weighted by atomic mass is 16.5. The number of fused-ring (bicyclic) bond motifs is 1. The van der Waals surface area contributed by atoms with Crippen molar-refractivity contribution >= 4 is 17.4 Å². The van der Waals surface area contributed by atoms with Crippen LogP contribution in [0.3, 0.4) is 0 Å². The Bertz CT molecular complexity index is 934. The summed E-state index contributed by atoms with van der Waals surface area (Å²) in [5.74, 6) is 0.641. The van der Waals surface area contributed by atoms with E-state index in [9.17, 15) is 4.79 Å². The molecule has 0 spiro atoms. The fourth-order valence-corrected chi connectivity index (χ4v) is 2.93. The SMILES string of the molecule is Cc1c(C(=O)NCc2cc(N3CCOCC3)ncn2)cnc2ccnn12. The molecule has 26 heavy (non-hydrogen) atoms. The van der Waals surface area contributed by atoms with Crippen LogP contribution in [-0.4, -0.2) is 56.8 Å². The van der Waals surface area contributed by atoms with E-state index in [-0.39, 0.29) is 5.91 Å². The number of morpholine rings is 1. The van der Waals surface area contributed by atoms with Gasteiger partial charge in [-0.05, 0) is 6.92 Å². The minimum absolute atomic E-state index is 0.209. The van der Waals surface area contributed by atoms with E-state index in [0.29, 0.717) is 31.0 Å². The summed E-state index contributed by atoms with van der Waals surface area (Å²) in [6.45, 7) is 5.15. The second kappa shape index (κ2) is 7.04. The molecular formula is C17H19N7O2. The molecule has 9 nitrogen and oxygen atoms in total. The Hall–Kier alpha value is -3.07. The van der Waals surface area contributed by atoms with Crippen molar-refractivity contribution < 1.29 is 9.53 Å². The van der Waals surface area contributed by atoms with Gasteiger partial charge in [0.15, 0.2) is 5.65 Å².